The molecular weight excluding hydrogens is 337 g/mol. The van der Waals surface area contributed by atoms with E-state index < -0.39 is 29.5 Å². The lowest BCUT2D eigenvalue weighted by atomic mass is 10.1. The number of benzene rings is 2. The van der Waals surface area contributed by atoms with Crippen LogP contribution in [0.3, 0.4) is 0 Å². The van der Waals surface area contributed by atoms with E-state index in [1.807, 2.05) is 0 Å². The van der Waals surface area contributed by atoms with Crippen molar-refractivity contribution in [2.45, 2.75) is 6.18 Å². The minimum Gasteiger partial charge on any atom is -0.322 e. The molecule has 0 aliphatic carbocycles. The van der Waals surface area contributed by atoms with Crippen LogP contribution < -0.4 is 5.32 Å². The van der Waals surface area contributed by atoms with Crippen molar-refractivity contribution in [1.82, 2.24) is 4.90 Å². The van der Waals surface area contributed by atoms with E-state index in [1.54, 1.807) is 0 Å². The van der Waals surface area contributed by atoms with Gasteiger partial charge in [-0.15, -0.1) is 0 Å². The topological polar surface area (TPSA) is 66.5 Å². The number of hydrogen-bond donors (Lipinski definition) is 1. The Balaban J connectivity index is 1.86. The van der Waals surface area contributed by atoms with Crippen molar-refractivity contribution in [3.8, 4) is 0 Å². The number of carbonyl (C=O) groups is 3. The molecule has 0 aromatic heterocycles. The van der Waals surface area contributed by atoms with Gasteiger partial charge >= 0.3 is 6.18 Å². The number of anilines is 1. The van der Waals surface area contributed by atoms with Crippen LogP contribution in [0.5, 0.6) is 0 Å². The summed E-state index contributed by atoms with van der Waals surface area (Å²) in [6.07, 6.45) is -4.55. The van der Waals surface area contributed by atoms with Gasteiger partial charge in [-0.25, -0.2) is 0 Å². The van der Waals surface area contributed by atoms with Crippen molar-refractivity contribution in [3.63, 3.8) is 0 Å². The van der Waals surface area contributed by atoms with E-state index in [4.69, 9.17) is 0 Å². The molecule has 0 unspecified atom stereocenters. The molecule has 2 aromatic carbocycles. The van der Waals surface area contributed by atoms with Gasteiger partial charge in [-0.05, 0) is 36.4 Å². The minimum atomic E-state index is -4.55. The van der Waals surface area contributed by atoms with E-state index in [-0.39, 0.29) is 22.4 Å². The third kappa shape index (κ3) is 2.98. The molecule has 128 valence electrons. The molecule has 1 heterocycles. The molecule has 3 rings (SSSR count). The largest absolute Gasteiger partial charge is 0.416 e. The molecule has 2 aromatic rings. The summed E-state index contributed by atoms with van der Waals surface area (Å²) in [6, 6.07) is 8.12. The van der Waals surface area contributed by atoms with E-state index in [9.17, 15) is 27.6 Å². The van der Waals surface area contributed by atoms with Crippen LogP contribution in [-0.2, 0) is 6.18 Å². The molecule has 0 bridgehead atoms. The number of rotatable bonds is 2. The first-order valence-corrected chi connectivity index (χ1v) is 7.13. The number of hydrogen-bond acceptors (Lipinski definition) is 3. The van der Waals surface area contributed by atoms with Crippen LogP contribution >= 0.6 is 0 Å². The normalized spacial score (nSPS) is 13.8. The van der Waals surface area contributed by atoms with Gasteiger partial charge in [-0.3, -0.25) is 19.3 Å². The van der Waals surface area contributed by atoms with Crippen LogP contribution in [0.1, 0.15) is 36.6 Å². The first-order valence-electron chi connectivity index (χ1n) is 7.13. The highest BCUT2D eigenvalue weighted by molar-refractivity contribution is 6.21. The van der Waals surface area contributed by atoms with Crippen molar-refractivity contribution in [3.05, 3.63) is 64.7 Å². The smallest absolute Gasteiger partial charge is 0.322 e. The first-order chi connectivity index (χ1) is 11.7. The van der Waals surface area contributed by atoms with E-state index in [1.165, 1.54) is 31.3 Å². The maximum Gasteiger partial charge on any atom is 0.416 e. The van der Waals surface area contributed by atoms with Crippen molar-refractivity contribution in [2.75, 3.05) is 12.4 Å². The lowest BCUT2D eigenvalue weighted by Crippen LogP contribution is -2.24. The zero-order chi connectivity index (χ0) is 18.4. The third-order valence-electron chi connectivity index (χ3n) is 3.80. The Labute approximate surface area is 140 Å². The molecule has 5 nitrogen and oxygen atoms in total. The number of alkyl halides is 3. The molecule has 0 spiro atoms. The van der Waals surface area contributed by atoms with Gasteiger partial charge < -0.3 is 5.32 Å². The fourth-order valence-corrected chi connectivity index (χ4v) is 2.48. The van der Waals surface area contributed by atoms with E-state index in [2.05, 4.69) is 5.32 Å². The van der Waals surface area contributed by atoms with Gasteiger partial charge in [0.25, 0.3) is 17.7 Å². The summed E-state index contributed by atoms with van der Waals surface area (Å²) in [7, 11) is 1.34. The van der Waals surface area contributed by atoms with Crippen LogP contribution in [0.2, 0.25) is 0 Å². The molecule has 0 fully saturated rings. The highest BCUT2D eigenvalue weighted by Gasteiger charge is 2.33. The van der Waals surface area contributed by atoms with Gasteiger partial charge in [0.2, 0.25) is 0 Å². The molecule has 3 amide bonds. The summed E-state index contributed by atoms with van der Waals surface area (Å²) in [6.45, 7) is 0. The average molecular weight is 348 g/mol. The molecule has 1 N–H and O–H groups in total. The van der Waals surface area contributed by atoms with Crippen molar-refractivity contribution in [2.24, 2.45) is 0 Å². The van der Waals surface area contributed by atoms with Crippen LogP contribution in [0, 0.1) is 0 Å². The van der Waals surface area contributed by atoms with E-state index >= 15 is 0 Å². The second-order valence-electron chi connectivity index (χ2n) is 5.46. The Morgan fingerprint density at radius 1 is 1.00 bits per heavy atom. The molecule has 1 aliphatic heterocycles. The molecule has 0 saturated heterocycles. The minimum absolute atomic E-state index is 0.134. The maximum absolute atomic E-state index is 12.7. The second-order valence-corrected chi connectivity index (χ2v) is 5.46. The number of nitrogens with one attached hydrogen (secondary N) is 1. The molecule has 0 atom stereocenters. The van der Waals surface area contributed by atoms with Crippen molar-refractivity contribution in [1.29, 1.82) is 0 Å². The van der Waals surface area contributed by atoms with E-state index in [0.29, 0.717) is 0 Å². The molecule has 25 heavy (non-hydrogen) atoms. The van der Waals surface area contributed by atoms with Gasteiger partial charge in [0.05, 0.1) is 16.7 Å². The van der Waals surface area contributed by atoms with Crippen molar-refractivity contribution >= 4 is 23.4 Å². The zero-order valence-corrected chi connectivity index (χ0v) is 12.8. The number of carbonyl (C=O) groups excluding carboxylic acids is 3. The molecule has 1 aliphatic rings. The zero-order valence-electron chi connectivity index (χ0n) is 12.8. The Morgan fingerprint density at radius 2 is 1.68 bits per heavy atom. The summed E-state index contributed by atoms with van der Waals surface area (Å²) in [5.74, 6) is -1.71. The van der Waals surface area contributed by atoms with Gasteiger partial charge in [-0.1, -0.05) is 6.07 Å². The first kappa shape index (κ1) is 16.7. The second kappa shape index (κ2) is 5.73. The van der Waals surface area contributed by atoms with Crippen LogP contribution in [-0.4, -0.2) is 29.7 Å². The summed E-state index contributed by atoms with van der Waals surface area (Å²) in [4.78, 5) is 36.9. The molecule has 0 saturated carbocycles. The standard InChI is InChI=1S/C17H11F3N2O3/c1-22-15(24)12-6-5-11(8-13(12)16(22)25)21-14(23)9-3-2-4-10(7-9)17(18,19)20/h2-8H,1H3,(H,21,23). The molecule has 8 heteroatoms. The molecular formula is C17H11F3N2O3. The number of nitrogens with zero attached hydrogens (tertiary/aromatic N) is 1. The Bertz CT molecular complexity index is 906. The van der Waals surface area contributed by atoms with Crippen molar-refractivity contribution < 1.29 is 27.6 Å². The number of amides is 3. The van der Waals surface area contributed by atoms with Gasteiger partial charge in [0, 0.05) is 18.3 Å². The lowest BCUT2D eigenvalue weighted by Gasteiger charge is -2.09. The number of imide groups is 1. The fourth-order valence-electron chi connectivity index (χ4n) is 2.48. The number of halogens is 3. The summed E-state index contributed by atoms with van der Waals surface area (Å²) >= 11 is 0. The highest BCUT2D eigenvalue weighted by Crippen LogP contribution is 2.30. The number of fused-ring (bicyclic) bond motifs is 1. The summed E-state index contributed by atoms with van der Waals surface area (Å²) in [5, 5.41) is 2.43. The summed E-state index contributed by atoms with van der Waals surface area (Å²) < 4.78 is 38.2. The molecule has 0 radical (unpaired) electrons. The lowest BCUT2D eigenvalue weighted by molar-refractivity contribution is -0.137. The Kier molecular flexibility index (Phi) is 3.82. The average Bonchev–Trinajstić information content (AvgIpc) is 2.78. The predicted octanol–water partition coefficient (Wildman–Crippen LogP) is 3.18. The SMILES string of the molecule is CN1C(=O)c2ccc(NC(=O)c3cccc(C(F)(F)F)c3)cc2C1=O. The monoisotopic (exact) mass is 348 g/mol. The quantitative estimate of drug-likeness (QED) is 0.848. The van der Waals surface area contributed by atoms with Crippen LogP contribution in [0.25, 0.3) is 0 Å². The Hall–Kier alpha value is -3.16. The van der Waals surface area contributed by atoms with E-state index in [0.717, 1.165) is 23.1 Å². The third-order valence-corrected chi connectivity index (χ3v) is 3.80. The van der Waals surface area contributed by atoms with Crippen LogP contribution in [0.15, 0.2) is 42.5 Å². The highest BCUT2D eigenvalue weighted by atomic mass is 19.4. The maximum atomic E-state index is 12.7. The van der Waals surface area contributed by atoms with Gasteiger partial charge in [0.1, 0.15) is 0 Å². The van der Waals surface area contributed by atoms with Gasteiger partial charge in [-0.2, -0.15) is 13.2 Å². The van der Waals surface area contributed by atoms with Gasteiger partial charge in [0.15, 0.2) is 0 Å². The van der Waals surface area contributed by atoms with Crippen LogP contribution in [0.4, 0.5) is 18.9 Å². The fraction of sp³-hybridized carbons (Fsp3) is 0.118. The Morgan fingerprint density at radius 3 is 2.36 bits per heavy atom. The summed E-state index contributed by atoms with van der Waals surface area (Å²) in [5.41, 5.74) is -0.553. The predicted molar refractivity (Wildman–Crippen MR) is 82.3 cm³/mol.